The zero-order chi connectivity index (χ0) is 10.7. The molecular formula is C10H6Br2ClN. The lowest BCUT2D eigenvalue weighted by atomic mass is 10.1. The zero-order valence-corrected chi connectivity index (χ0v) is 11.2. The molecule has 4 heteroatoms. The Bertz CT molecular complexity index is 432. The molecule has 0 aliphatic carbocycles. The van der Waals surface area contributed by atoms with Crippen molar-refractivity contribution in [1.29, 1.82) is 5.26 Å². The van der Waals surface area contributed by atoms with Gasteiger partial charge in [-0.15, -0.1) is 0 Å². The second-order valence-corrected chi connectivity index (χ2v) is 4.82. The summed E-state index contributed by atoms with van der Waals surface area (Å²) in [6.07, 6.45) is 0. The van der Waals surface area contributed by atoms with Gasteiger partial charge in [0.05, 0.1) is 11.1 Å². The van der Waals surface area contributed by atoms with Crippen LogP contribution >= 0.6 is 43.5 Å². The first-order valence-corrected chi connectivity index (χ1v) is 5.74. The first-order valence-electron chi connectivity index (χ1n) is 3.78. The van der Waals surface area contributed by atoms with E-state index in [-0.39, 0.29) is 0 Å². The van der Waals surface area contributed by atoms with Crippen molar-refractivity contribution in [2.75, 3.05) is 0 Å². The van der Waals surface area contributed by atoms with Crippen molar-refractivity contribution in [2.45, 2.75) is 6.92 Å². The van der Waals surface area contributed by atoms with Crippen LogP contribution in [0.25, 0.3) is 5.03 Å². The molecule has 0 saturated heterocycles. The summed E-state index contributed by atoms with van der Waals surface area (Å²) in [4.78, 5) is 0. The molecule has 14 heavy (non-hydrogen) atoms. The molecule has 0 heterocycles. The van der Waals surface area contributed by atoms with E-state index in [0.717, 1.165) is 14.5 Å². The molecule has 0 spiro atoms. The van der Waals surface area contributed by atoms with Crippen LogP contribution in [0.5, 0.6) is 0 Å². The summed E-state index contributed by atoms with van der Waals surface area (Å²) >= 11 is 12.8. The quantitative estimate of drug-likeness (QED) is 0.682. The molecule has 0 bridgehead atoms. The molecule has 0 aromatic heterocycles. The van der Waals surface area contributed by atoms with Crippen molar-refractivity contribution in [3.8, 4) is 6.07 Å². The topological polar surface area (TPSA) is 23.8 Å². The largest absolute Gasteiger partial charge is 0.193 e. The van der Waals surface area contributed by atoms with Crippen LogP contribution in [0, 0.1) is 11.3 Å². The predicted molar refractivity (Wildman–Crippen MR) is 65.9 cm³/mol. The molecule has 0 amide bonds. The minimum atomic E-state index is 0.479. The summed E-state index contributed by atoms with van der Waals surface area (Å²) in [6, 6.07) is 7.65. The summed E-state index contributed by atoms with van der Waals surface area (Å²) in [5.41, 5.74) is 1.34. The summed E-state index contributed by atoms with van der Waals surface area (Å²) in [5, 5.41) is 9.17. The number of hydrogen-bond acceptors (Lipinski definition) is 1. The third kappa shape index (κ3) is 2.60. The number of hydrogen-bond donors (Lipinski definition) is 0. The van der Waals surface area contributed by atoms with E-state index in [9.17, 15) is 0 Å². The number of rotatable bonds is 1. The monoisotopic (exact) mass is 333 g/mol. The average molecular weight is 335 g/mol. The molecule has 1 aromatic rings. The van der Waals surface area contributed by atoms with Crippen molar-refractivity contribution < 1.29 is 0 Å². The van der Waals surface area contributed by atoms with Crippen LogP contribution in [0.4, 0.5) is 0 Å². The molecule has 0 radical (unpaired) electrons. The van der Waals surface area contributed by atoms with Gasteiger partial charge in [-0.3, -0.25) is 0 Å². The van der Waals surface area contributed by atoms with E-state index >= 15 is 0 Å². The number of allylic oxidation sites excluding steroid dienone is 1. The van der Waals surface area contributed by atoms with E-state index in [1.165, 1.54) is 0 Å². The Balaban J connectivity index is 3.29. The summed E-state index contributed by atoms with van der Waals surface area (Å²) < 4.78 is 1.83. The molecule has 1 nitrogen and oxygen atoms in total. The lowest BCUT2D eigenvalue weighted by Gasteiger charge is -2.04. The highest BCUT2D eigenvalue weighted by molar-refractivity contribution is 9.11. The molecular weight excluding hydrogens is 329 g/mol. The van der Waals surface area contributed by atoms with Crippen molar-refractivity contribution in [3.63, 3.8) is 0 Å². The van der Waals surface area contributed by atoms with Crippen LogP contribution < -0.4 is 0 Å². The maximum absolute atomic E-state index is 8.70. The van der Waals surface area contributed by atoms with Gasteiger partial charge >= 0.3 is 0 Å². The molecule has 0 N–H and O–H groups in total. The van der Waals surface area contributed by atoms with Gasteiger partial charge in [0.2, 0.25) is 0 Å². The van der Waals surface area contributed by atoms with Gasteiger partial charge in [-0.05, 0) is 19.1 Å². The van der Waals surface area contributed by atoms with E-state index < -0.39 is 0 Å². The lowest BCUT2D eigenvalue weighted by molar-refractivity contribution is 1.44. The fourth-order valence-electron chi connectivity index (χ4n) is 0.919. The SMILES string of the molecule is C/C(C#N)=C(/Cl)c1ccc(Br)cc1Br. The Morgan fingerprint density at radius 1 is 1.43 bits per heavy atom. The fourth-order valence-corrected chi connectivity index (χ4v) is 2.49. The van der Waals surface area contributed by atoms with Gasteiger partial charge in [-0.2, -0.15) is 5.26 Å². The second-order valence-electron chi connectivity index (χ2n) is 2.67. The number of halogens is 3. The Morgan fingerprint density at radius 2 is 2.07 bits per heavy atom. The van der Waals surface area contributed by atoms with Crippen LogP contribution in [0.3, 0.4) is 0 Å². The molecule has 0 aliphatic heterocycles. The summed E-state index contributed by atoms with van der Waals surface area (Å²) in [5.74, 6) is 0. The predicted octanol–water partition coefficient (Wildman–Crippen LogP) is 4.70. The van der Waals surface area contributed by atoms with Crippen LogP contribution in [-0.2, 0) is 0 Å². The van der Waals surface area contributed by atoms with Gasteiger partial charge in [0.1, 0.15) is 0 Å². The van der Waals surface area contributed by atoms with Gasteiger partial charge < -0.3 is 0 Å². The first-order chi connectivity index (χ1) is 6.56. The highest BCUT2D eigenvalue weighted by atomic mass is 79.9. The van der Waals surface area contributed by atoms with Crippen molar-refractivity contribution >= 4 is 48.5 Å². The summed E-state index contributed by atoms with van der Waals surface area (Å²) in [7, 11) is 0. The van der Waals surface area contributed by atoms with Gasteiger partial charge in [0, 0.05) is 20.1 Å². The number of benzene rings is 1. The molecule has 0 fully saturated rings. The minimum absolute atomic E-state index is 0.479. The van der Waals surface area contributed by atoms with Gasteiger partial charge in [-0.25, -0.2) is 0 Å². The van der Waals surface area contributed by atoms with Crippen molar-refractivity contribution in [3.05, 3.63) is 38.3 Å². The third-order valence-electron chi connectivity index (χ3n) is 1.66. The number of nitrogens with zero attached hydrogens (tertiary/aromatic N) is 1. The highest BCUT2D eigenvalue weighted by Crippen LogP contribution is 2.31. The van der Waals surface area contributed by atoms with Gasteiger partial charge in [0.25, 0.3) is 0 Å². The molecule has 1 rings (SSSR count). The molecule has 0 saturated carbocycles. The standard InChI is InChI=1S/C10H6Br2ClN/c1-6(5-14)10(13)8-3-2-7(11)4-9(8)12/h2-4H,1H3/b10-6-. The molecule has 0 unspecified atom stereocenters. The van der Waals surface area contributed by atoms with E-state index in [4.69, 9.17) is 16.9 Å². The first kappa shape index (κ1) is 11.8. The normalized spacial score (nSPS) is 11.9. The van der Waals surface area contributed by atoms with E-state index in [1.807, 2.05) is 24.3 Å². The van der Waals surface area contributed by atoms with Crippen LogP contribution in [0.2, 0.25) is 0 Å². The Kier molecular flexibility index (Phi) is 4.18. The van der Waals surface area contributed by atoms with Gasteiger partial charge in [-0.1, -0.05) is 49.5 Å². The highest BCUT2D eigenvalue weighted by Gasteiger charge is 2.07. The van der Waals surface area contributed by atoms with Crippen molar-refractivity contribution in [2.24, 2.45) is 0 Å². The van der Waals surface area contributed by atoms with Crippen LogP contribution in [0.1, 0.15) is 12.5 Å². The summed E-state index contributed by atoms with van der Waals surface area (Å²) in [6.45, 7) is 1.69. The zero-order valence-electron chi connectivity index (χ0n) is 7.31. The number of nitriles is 1. The third-order valence-corrected chi connectivity index (χ3v) is 3.30. The van der Waals surface area contributed by atoms with E-state index in [1.54, 1.807) is 6.92 Å². The lowest BCUT2D eigenvalue weighted by Crippen LogP contribution is -1.83. The Labute approximate surface area is 105 Å². The molecule has 1 aromatic carbocycles. The smallest absolute Gasteiger partial charge is 0.0959 e. The second kappa shape index (κ2) is 4.97. The molecule has 72 valence electrons. The van der Waals surface area contributed by atoms with Gasteiger partial charge in [0.15, 0.2) is 0 Å². The molecule has 0 atom stereocenters. The van der Waals surface area contributed by atoms with Crippen LogP contribution in [-0.4, -0.2) is 0 Å². The minimum Gasteiger partial charge on any atom is -0.193 e. The van der Waals surface area contributed by atoms with Crippen LogP contribution in [0.15, 0.2) is 32.7 Å². The fraction of sp³-hybridized carbons (Fsp3) is 0.100. The van der Waals surface area contributed by atoms with E-state index in [2.05, 4.69) is 31.9 Å². The average Bonchev–Trinajstić information content (AvgIpc) is 2.15. The Morgan fingerprint density at radius 3 is 2.57 bits per heavy atom. The maximum atomic E-state index is 8.70. The Hall–Kier alpha value is -0.300. The molecule has 0 aliphatic rings. The van der Waals surface area contributed by atoms with E-state index in [0.29, 0.717) is 10.6 Å². The maximum Gasteiger partial charge on any atom is 0.0959 e. The van der Waals surface area contributed by atoms with Crippen molar-refractivity contribution in [1.82, 2.24) is 0 Å².